The third kappa shape index (κ3) is 3.71. The van der Waals surface area contributed by atoms with Crippen LogP contribution in [-0.4, -0.2) is 18.4 Å². The zero-order chi connectivity index (χ0) is 17.1. The van der Waals surface area contributed by atoms with E-state index in [0.717, 1.165) is 24.1 Å². The maximum absolute atomic E-state index is 12.5. The molecule has 2 aromatic rings. The molecule has 2 amide bonds. The van der Waals surface area contributed by atoms with Crippen LogP contribution < -0.4 is 10.2 Å². The molecule has 1 N–H and O–H groups in total. The van der Waals surface area contributed by atoms with Crippen LogP contribution in [0.25, 0.3) is 0 Å². The Morgan fingerprint density at radius 3 is 2.75 bits per heavy atom. The Balaban J connectivity index is 1.69. The summed E-state index contributed by atoms with van der Waals surface area (Å²) in [5.74, 6) is -0.634. The third-order valence-electron chi connectivity index (χ3n) is 3.93. The van der Waals surface area contributed by atoms with Gasteiger partial charge in [0.15, 0.2) is 0 Å². The Bertz CT molecular complexity index is 792. The molecule has 24 heavy (non-hydrogen) atoms. The van der Waals surface area contributed by atoms with Gasteiger partial charge in [0.25, 0.3) is 0 Å². The molecule has 0 unspecified atom stereocenters. The summed E-state index contributed by atoms with van der Waals surface area (Å²) in [5.41, 5.74) is 2.43. The Labute approximate surface area is 150 Å². The summed E-state index contributed by atoms with van der Waals surface area (Å²) in [6, 6.07) is 12.6. The van der Waals surface area contributed by atoms with E-state index in [0.29, 0.717) is 22.3 Å². The number of aryl methyl sites for hydroxylation is 1. The third-order valence-corrected chi connectivity index (χ3v) is 4.49. The van der Waals surface area contributed by atoms with Crippen LogP contribution in [0.2, 0.25) is 10.0 Å². The molecular weight excluding hydrogens is 347 g/mol. The normalized spacial score (nSPS) is 13.3. The number of hydrogen-bond donors (Lipinski definition) is 1. The monoisotopic (exact) mass is 362 g/mol. The number of rotatable bonds is 3. The number of anilines is 2. The first-order chi connectivity index (χ1) is 11.5. The number of nitrogens with zero attached hydrogens (tertiary/aromatic N) is 1. The predicted molar refractivity (Wildman–Crippen MR) is 96.8 cm³/mol. The molecular formula is C18H16Cl2N2O2. The molecule has 1 aliphatic rings. The highest BCUT2D eigenvalue weighted by molar-refractivity contribution is 6.35. The van der Waals surface area contributed by atoms with Crippen LogP contribution >= 0.6 is 23.2 Å². The zero-order valence-corrected chi connectivity index (χ0v) is 14.4. The number of fused-ring (bicyclic) bond motifs is 1. The van der Waals surface area contributed by atoms with Crippen LogP contribution in [0.5, 0.6) is 0 Å². The van der Waals surface area contributed by atoms with E-state index in [2.05, 4.69) is 5.32 Å². The highest BCUT2D eigenvalue weighted by atomic mass is 35.5. The molecule has 0 radical (unpaired) electrons. The maximum atomic E-state index is 12.5. The number of halogens is 2. The van der Waals surface area contributed by atoms with Crippen LogP contribution in [0.3, 0.4) is 0 Å². The van der Waals surface area contributed by atoms with Gasteiger partial charge in [0.2, 0.25) is 11.8 Å². The average Bonchev–Trinajstić information content (AvgIpc) is 2.57. The Kier molecular flexibility index (Phi) is 5.07. The van der Waals surface area contributed by atoms with Gasteiger partial charge in [-0.15, -0.1) is 0 Å². The summed E-state index contributed by atoms with van der Waals surface area (Å²) >= 11 is 11.9. The lowest BCUT2D eigenvalue weighted by molar-refractivity contribution is -0.125. The fourth-order valence-corrected chi connectivity index (χ4v) is 3.15. The molecule has 0 atom stereocenters. The highest BCUT2D eigenvalue weighted by Gasteiger charge is 2.24. The second-order valence-electron chi connectivity index (χ2n) is 5.63. The Morgan fingerprint density at radius 1 is 1.12 bits per heavy atom. The Morgan fingerprint density at radius 2 is 1.92 bits per heavy atom. The van der Waals surface area contributed by atoms with Gasteiger partial charge in [0.1, 0.15) is 6.42 Å². The number of nitrogens with one attached hydrogen (secondary N) is 1. The number of carbonyl (C=O) groups excluding carboxylic acids is 2. The molecule has 0 saturated carbocycles. The second-order valence-corrected chi connectivity index (χ2v) is 6.47. The van der Waals surface area contributed by atoms with Crippen molar-refractivity contribution in [2.75, 3.05) is 16.8 Å². The van der Waals surface area contributed by atoms with Crippen molar-refractivity contribution >= 4 is 46.4 Å². The van der Waals surface area contributed by atoms with Crippen molar-refractivity contribution in [2.24, 2.45) is 0 Å². The van der Waals surface area contributed by atoms with Crippen LogP contribution in [0, 0.1) is 0 Å². The van der Waals surface area contributed by atoms with Crippen LogP contribution in [0.15, 0.2) is 42.5 Å². The Hall–Kier alpha value is -2.04. The number of para-hydroxylation sites is 1. The molecule has 0 fully saturated rings. The van der Waals surface area contributed by atoms with E-state index in [4.69, 9.17) is 23.2 Å². The molecule has 0 bridgehead atoms. The van der Waals surface area contributed by atoms with Gasteiger partial charge in [-0.05, 0) is 42.7 Å². The number of benzene rings is 2. The largest absolute Gasteiger partial charge is 0.324 e. The zero-order valence-electron chi connectivity index (χ0n) is 12.9. The molecule has 4 nitrogen and oxygen atoms in total. The maximum Gasteiger partial charge on any atom is 0.236 e. The number of carbonyl (C=O) groups is 2. The van der Waals surface area contributed by atoms with E-state index < -0.39 is 5.91 Å². The van der Waals surface area contributed by atoms with Crippen LogP contribution in [-0.2, 0) is 16.0 Å². The van der Waals surface area contributed by atoms with Gasteiger partial charge < -0.3 is 10.2 Å². The topological polar surface area (TPSA) is 49.4 Å². The molecule has 124 valence electrons. The van der Waals surface area contributed by atoms with Gasteiger partial charge in [0.05, 0.1) is 10.7 Å². The first-order valence-electron chi connectivity index (χ1n) is 7.68. The van der Waals surface area contributed by atoms with Crippen molar-refractivity contribution in [1.82, 2.24) is 0 Å². The smallest absolute Gasteiger partial charge is 0.236 e. The van der Waals surface area contributed by atoms with Crippen molar-refractivity contribution in [3.63, 3.8) is 0 Å². The van der Waals surface area contributed by atoms with Gasteiger partial charge in [-0.1, -0.05) is 41.4 Å². The quantitative estimate of drug-likeness (QED) is 0.827. The van der Waals surface area contributed by atoms with Gasteiger partial charge in [-0.2, -0.15) is 0 Å². The fraction of sp³-hybridized carbons (Fsp3) is 0.222. The fourth-order valence-electron chi connectivity index (χ4n) is 2.81. The lowest BCUT2D eigenvalue weighted by atomic mass is 10.0. The molecule has 1 heterocycles. The van der Waals surface area contributed by atoms with Crippen molar-refractivity contribution in [1.29, 1.82) is 0 Å². The highest BCUT2D eigenvalue weighted by Crippen LogP contribution is 2.28. The van der Waals surface area contributed by atoms with Crippen molar-refractivity contribution in [2.45, 2.75) is 19.3 Å². The summed E-state index contributed by atoms with van der Waals surface area (Å²) < 4.78 is 0. The van der Waals surface area contributed by atoms with Gasteiger partial charge in [-0.3, -0.25) is 9.59 Å². The summed E-state index contributed by atoms with van der Waals surface area (Å²) in [5, 5.41) is 3.48. The minimum Gasteiger partial charge on any atom is -0.324 e. The molecule has 3 rings (SSSR count). The molecule has 0 saturated heterocycles. The molecule has 0 aliphatic carbocycles. The van der Waals surface area contributed by atoms with E-state index in [1.807, 2.05) is 24.3 Å². The molecule has 1 aliphatic heterocycles. The summed E-state index contributed by atoms with van der Waals surface area (Å²) in [6.07, 6.45) is 1.60. The van der Waals surface area contributed by atoms with Crippen molar-refractivity contribution < 1.29 is 9.59 Å². The minimum atomic E-state index is -0.410. The molecule has 0 spiro atoms. The average molecular weight is 363 g/mol. The van der Waals surface area contributed by atoms with E-state index >= 15 is 0 Å². The van der Waals surface area contributed by atoms with Crippen molar-refractivity contribution in [3.05, 3.63) is 58.1 Å². The van der Waals surface area contributed by atoms with Gasteiger partial charge in [0, 0.05) is 17.3 Å². The summed E-state index contributed by atoms with van der Waals surface area (Å²) in [6.45, 7) is 0.626. The minimum absolute atomic E-state index is 0.224. The first-order valence-corrected chi connectivity index (χ1v) is 8.43. The summed E-state index contributed by atoms with van der Waals surface area (Å²) in [7, 11) is 0. The summed E-state index contributed by atoms with van der Waals surface area (Å²) in [4.78, 5) is 26.4. The van der Waals surface area contributed by atoms with E-state index in [1.54, 1.807) is 23.1 Å². The van der Waals surface area contributed by atoms with Crippen LogP contribution in [0.1, 0.15) is 18.4 Å². The van der Waals surface area contributed by atoms with Crippen LogP contribution in [0.4, 0.5) is 11.4 Å². The lowest BCUT2D eigenvalue weighted by Crippen LogP contribution is -2.37. The lowest BCUT2D eigenvalue weighted by Gasteiger charge is -2.29. The van der Waals surface area contributed by atoms with E-state index in [9.17, 15) is 9.59 Å². The number of amides is 2. The van der Waals surface area contributed by atoms with Gasteiger partial charge >= 0.3 is 0 Å². The predicted octanol–water partition coefficient (Wildman–Crippen LogP) is 4.30. The van der Waals surface area contributed by atoms with E-state index in [1.165, 1.54) is 0 Å². The second kappa shape index (κ2) is 7.24. The molecule has 2 aromatic carbocycles. The van der Waals surface area contributed by atoms with E-state index in [-0.39, 0.29) is 12.3 Å². The number of hydrogen-bond acceptors (Lipinski definition) is 2. The van der Waals surface area contributed by atoms with Crippen molar-refractivity contribution in [3.8, 4) is 0 Å². The molecule has 6 heteroatoms. The molecule has 0 aromatic heterocycles. The van der Waals surface area contributed by atoms with Gasteiger partial charge in [-0.25, -0.2) is 0 Å². The standard InChI is InChI=1S/C18H16Cl2N2O2/c19-13-7-8-14(20)15(10-13)21-17(23)11-18(24)22-9-3-5-12-4-1-2-6-16(12)22/h1-2,4,6-8,10H,3,5,9,11H2,(H,21,23). The first kappa shape index (κ1) is 16.8. The SMILES string of the molecule is O=C(CC(=O)N1CCCc2ccccc21)Nc1cc(Cl)ccc1Cl.